The highest BCUT2D eigenvalue weighted by atomic mass is 35.5. The third-order valence-corrected chi connectivity index (χ3v) is 4.52. The van der Waals surface area contributed by atoms with E-state index < -0.39 is 0 Å². The molecule has 3 N–H and O–H groups in total. The van der Waals surface area contributed by atoms with E-state index in [1.165, 1.54) is 4.88 Å². The van der Waals surface area contributed by atoms with Gasteiger partial charge >= 0.3 is 0 Å². The van der Waals surface area contributed by atoms with E-state index in [4.69, 9.17) is 17.4 Å². The fourth-order valence-electron chi connectivity index (χ4n) is 2.25. The van der Waals surface area contributed by atoms with Gasteiger partial charge in [-0.05, 0) is 35.9 Å². The van der Waals surface area contributed by atoms with Gasteiger partial charge in [-0.25, -0.2) is 0 Å². The van der Waals surface area contributed by atoms with Gasteiger partial charge in [0.15, 0.2) is 0 Å². The maximum absolute atomic E-state index is 5.97. The molecule has 0 saturated carbocycles. The second kappa shape index (κ2) is 5.89. The number of hydrogen-bond acceptors (Lipinski definition) is 4. The third-order valence-electron chi connectivity index (χ3n) is 3.26. The van der Waals surface area contributed by atoms with Gasteiger partial charge in [-0.3, -0.25) is 16.3 Å². The van der Waals surface area contributed by atoms with Crippen LogP contribution < -0.4 is 11.3 Å². The molecule has 2 heterocycles. The van der Waals surface area contributed by atoms with Gasteiger partial charge in [-0.15, -0.1) is 11.3 Å². The Morgan fingerprint density at radius 2 is 2.15 bits per heavy atom. The second-order valence-electron chi connectivity index (χ2n) is 4.58. The van der Waals surface area contributed by atoms with Crippen molar-refractivity contribution in [2.75, 3.05) is 0 Å². The smallest absolute Gasteiger partial charge is 0.0931 e. The number of hydrogen-bond donors (Lipinski definition) is 2. The minimum Gasteiger partial charge on any atom is -0.271 e. The highest BCUT2D eigenvalue weighted by Crippen LogP contribution is 2.27. The molecule has 3 aromatic rings. The van der Waals surface area contributed by atoms with Gasteiger partial charge in [0.25, 0.3) is 0 Å². The normalized spacial score (nSPS) is 12.7. The van der Waals surface area contributed by atoms with Crippen molar-refractivity contribution >= 4 is 33.8 Å². The maximum Gasteiger partial charge on any atom is 0.0931 e. The molecule has 0 saturated heterocycles. The highest BCUT2D eigenvalue weighted by Gasteiger charge is 2.12. The van der Waals surface area contributed by atoms with Gasteiger partial charge in [-0.2, -0.15) is 0 Å². The lowest BCUT2D eigenvalue weighted by atomic mass is 10.0. The van der Waals surface area contributed by atoms with E-state index >= 15 is 0 Å². The van der Waals surface area contributed by atoms with Crippen LogP contribution in [0.2, 0.25) is 4.34 Å². The molecule has 0 spiro atoms. The first-order chi connectivity index (χ1) is 9.76. The van der Waals surface area contributed by atoms with Crippen molar-refractivity contribution in [3.05, 3.63) is 63.4 Å². The van der Waals surface area contributed by atoms with Crippen LogP contribution in [0.4, 0.5) is 0 Å². The van der Waals surface area contributed by atoms with Crippen molar-refractivity contribution in [3.63, 3.8) is 0 Å². The number of fused-ring (bicyclic) bond motifs is 1. The molecule has 20 heavy (non-hydrogen) atoms. The first-order valence-electron chi connectivity index (χ1n) is 6.31. The number of halogens is 1. The Hall–Kier alpha value is -1.46. The van der Waals surface area contributed by atoms with Crippen LogP contribution >= 0.6 is 22.9 Å². The Morgan fingerprint density at radius 3 is 2.90 bits per heavy atom. The predicted molar refractivity (Wildman–Crippen MR) is 84.8 cm³/mol. The monoisotopic (exact) mass is 303 g/mol. The van der Waals surface area contributed by atoms with E-state index in [9.17, 15) is 0 Å². The van der Waals surface area contributed by atoms with Crippen LogP contribution in [0.1, 0.15) is 16.5 Å². The van der Waals surface area contributed by atoms with Crippen molar-refractivity contribution in [2.24, 2.45) is 5.84 Å². The molecule has 0 amide bonds. The molecule has 1 atom stereocenters. The summed E-state index contributed by atoms with van der Waals surface area (Å²) in [6.45, 7) is 0. The quantitative estimate of drug-likeness (QED) is 0.571. The molecule has 0 bridgehead atoms. The molecule has 1 aromatic carbocycles. The summed E-state index contributed by atoms with van der Waals surface area (Å²) in [5, 5.41) is 1.12. The minimum absolute atomic E-state index is 0.0642. The first kappa shape index (κ1) is 13.5. The fraction of sp³-hybridized carbons (Fsp3) is 0.133. The van der Waals surface area contributed by atoms with Crippen LogP contribution in [0, 0.1) is 0 Å². The SMILES string of the molecule is NNC(Cc1ccc(Cl)s1)c1ccc2ncccc2c1. The average Bonchev–Trinajstić information content (AvgIpc) is 2.89. The molecule has 5 heteroatoms. The van der Waals surface area contributed by atoms with Gasteiger partial charge in [0.2, 0.25) is 0 Å². The largest absolute Gasteiger partial charge is 0.271 e. The third kappa shape index (κ3) is 2.83. The van der Waals surface area contributed by atoms with Crippen molar-refractivity contribution < 1.29 is 0 Å². The molecule has 0 aliphatic heterocycles. The van der Waals surface area contributed by atoms with E-state index in [0.29, 0.717) is 0 Å². The van der Waals surface area contributed by atoms with Crippen molar-refractivity contribution in [3.8, 4) is 0 Å². The lowest BCUT2D eigenvalue weighted by Gasteiger charge is -2.16. The maximum atomic E-state index is 5.97. The lowest BCUT2D eigenvalue weighted by molar-refractivity contribution is 0.556. The van der Waals surface area contributed by atoms with E-state index in [1.54, 1.807) is 17.5 Å². The Bertz CT molecular complexity index is 726. The summed E-state index contributed by atoms with van der Waals surface area (Å²) in [5.74, 6) is 5.71. The number of pyridine rings is 1. The summed E-state index contributed by atoms with van der Waals surface area (Å²) < 4.78 is 0.804. The molecule has 0 fully saturated rings. The van der Waals surface area contributed by atoms with Crippen LogP contribution in [0.3, 0.4) is 0 Å². The Kier molecular flexibility index (Phi) is 3.98. The summed E-state index contributed by atoms with van der Waals surface area (Å²) in [6, 6.07) is 14.2. The molecule has 102 valence electrons. The summed E-state index contributed by atoms with van der Waals surface area (Å²) in [5.41, 5.74) is 5.03. The second-order valence-corrected chi connectivity index (χ2v) is 6.38. The zero-order chi connectivity index (χ0) is 13.9. The van der Waals surface area contributed by atoms with Crippen LogP contribution in [0.25, 0.3) is 10.9 Å². The number of hydrazine groups is 1. The van der Waals surface area contributed by atoms with E-state index in [-0.39, 0.29) is 6.04 Å². The number of aromatic nitrogens is 1. The zero-order valence-corrected chi connectivity index (χ0v) is 12.3. The summed E-state index contributed by atoms with van der Waals surface area (Å²) in [4.78, 5) is 5.54. The van der Waals surface area contributed by atoms with Crippen LogP contribution in [0.15, 0.2) is 48.7 Å². The van der Waals surface area contributed by atoms with Crippen LogP contribution in [0.5, 0.6) is 0 Å². The van der Waals surface area contributed by atoms with E-state index in [2.05, 4.69) is 28.6 Å². The predicted octanol–water partition coefficient (Wildman–Crippen LogP) is 3.70. The summed E-state index contributed by atoms with van der Waals surface area (Å²) in [6.07, 6.45) is 2.62. The fourth-order valence-corrected chi connectivity index (χ4v) is 3.38. The van der Waals surface area contributed by atoms with Gasteiger partial charge in [0.1, 0.15) is 0 Å². The first-order valence-corrected chi connectivity index (χ1v) is 7.51. The standard InChI is InChI=1S/C15H14ClN3S/c16-15-6-4-12(20-15)9-14(19-17)11-3-5-13-10(8-11)2-1-7-18-13/h1-8,14,19H,9,17H2. The number of nitrogens with zero attached hydrogens (tertiary/aromatic N) is 1. The molecular weight excluding hydrogens is 290 g/mol. The number of nitrogens with two attached hydrogens (primary N) is 1. The van der Waals surface area contributed by atoms with E-state index in [0.717, 1.165) is 27.2 Å². The number of benzene rings is 1. The molecule has 1 unspecified atom stereocenters. The van der Waals surface area contributed by atoms with Gasteiger partial charge in [0, 0.05) is 22.9 Å². The van der Waals surface area contributed by atoms with Crippen molar-refractivity contribution in [2.45, 2.75) is 12.5 Å². The highest BCUT2D eigenvalue weighted by molar-refractivity contribution is 7.16. The van der Waals surface area contributed by atoms with E-state index in [1.807, 2.05) is 24.3 Å². The summed E-state index contributed by atoms with van der Waals surface area (Å²) in [7, 11) is 0. The average molecular weight is 304 g/mol. The number of rotatable bonds is 4. The Labute approximate surface area is 126 Å². The number of nitrogens with one attached hydrogen (secondary N) is 1. The minimum atomic E-state index is 0.0642. The molecular formula is C15H14ClN3S. The Morgan fingerprint density at radius 1 is 1.25 bits per heavy atom. The van der Waals surface area contributed by atoms with Crippen molar-refractivity contribution in [1.82, 2.24) is 10.4 Å². The molecule has 0 aliphatic rings. The van der Waals surface area contributed by atoms with Gasteiger partial charge in [-0.1, -0.05) is 23.7 Å². The van der Waals surface area contributed by atoms with Gasteiger partial charge in [0.05, 0.1) is 15.9 Å². The lowest BCUT2D eigenvalue weighted by Crippen LogP contribution is -2.29. The molecule has 2 aromatic heterocycles. The summed E-state index contributed by atoms with van der Waals surface area (Å²) >= 11 is 7.56. The molecule has 3 rings (SSSR count). The van der Waals surface area contributed by atoms with Gasteiger partial charge < -0.3 is 0 Å². The van der Waals surface area contributed by atoms with Crippen LogP contribution in [-0.4, -0.2) is 4.98 Å². The topological polar surface area (TPSA) is 50.9 Å². The zero-order valence-electron chi connectivity index (χ0n) is 10.7. The van der Waals surface area contributed by atoms with Crippen LogP contribution in [-0.2, 0) is 6.42 Å². The molecule has 0 radical (unpaired) electrons. The molecule has 3 nitrogen and oxygen atoms in total. The Balaban J connectivity index is 1.90. The van der Waals surface area contributed by atoms with Crippen molar-refractivity contribution in [1.29, 1.82) is 0 Å². The number of thiophene rings is 1. The molecule has 0 aliphatic carbocycles.